The minimum atomic E-state index is 0.495. The van der Waals surface area contributed by atoms with Crippen LogP contribution in [0.5, 0.6) is 0 Å². The van der Waals surface area contributed by atoms with Gasteiger partial charge in [0.2, 0.25) is 0 Å². The highest BCUT2D eigenvalue weighted by molar-refractivity contribution is 7.13. The van der Waals surface area contributed by atoms with Crippen molar-refractivity contribution in [2.24, 2.45) is 0 Å². The van der Waals surface area contributed by atoms with Crippen LogP contribution in [-0.2, 0) is 6.54 Å². The summed E-state index contributed by atoms with van der Waals surface area (Å²) in [4.78, 5) is 8.38. The Labute approximate surface area is 163 Å². The molecule has 4 nitrogen and oxygen atoms in total. The number of benzene rings is 1. The van der Waals surface area contributed by atoms with Crippen molar-refractivity contribution in [1.82, 2.24) is 19.5 Å². The molecule has 1 saturated heterocycles. The normalized spacial score (nSPS) is 17.7. The summed E-state index contributed by atoms with van der Waals surface area (Å²) in [6.07, 6.45) is 3.11. The number of thiophene rings is 1. The molecule has 5 heteroatoms. The first-order chi connectivity index (χ1) is 13.3. The van der Waals surface area contributed by atoms with Gasteiger partial charge in [-0.2, -0.15) is 5.10 Å². The Balaban J connectivity index is 1.44. The molecule has 0 radical (unpaired) electrons. The van der Waals surface area contributed by atoms with Crippen LogP contribution in [0.1, 0.15) is 29.2 Å². The third-order valence-electron chi connectivity index (χ3n) is 5.47. The molecule has 0 saturated carbocycles. The van der Waals surface area contributed by atoms with E-state index in [4.69, 9.17) is 5.10 Å². The summed E-state index contributed by atoms with van der Waals surface area (Å²) in [5.41, 5.74) is 5.87. The lowest BCUT2D eigenvalue weighted by molar-refractivity contribution is 0.326. The second kappa shape index (κ2) is 6.91. The average molecular weight is 375 g/mol. The fourth-order valence-corrected chi connectivity index (χ4v) is 4.86. The van der Waals surface area contributed by atoms with E-state index in [1.54, 1.807) is 11.3 Å². The molecule has 0 bridgehead atoms. The standard InChI is InChI=1S/C22H22N4S/c1-16-21(20-8-5-13-27-20)24-26-19(9-11-23-22(16)26)18-10-12-25(15-18)14-17-6-3-2-4-7-17/h2-9,11,13,18H,10,12,14-15H2,1H3. The lowest BCUT2D eigenvalue weighted by atomic mass is 10.0. The van der Waals surface area contributed by atoms with Crippen molar-refractivity contribution < 1.29 is 0 Å². The molecular formula is C22H22N4S. The SMILES string of the molecule is Cc1c(-c2cccs2)nn2c(C3CCN(Cc4ccccc4)C3)ccnc12. The van der Waals surface area contributed by atoms with Crippen LogP contribution in [0, 0.1) is 6.92 Å². The quantitative estimate of drug-likeness (QED) is 0.517. The van der Waals surface area contributed by atoms with Crippen molar-refractivity contribution >= 4 is 17.0 Å². The lowest BCUT2D eigenvalue weighted by Gasteiger charge is -2.16. The summed E-state index contributed by atoms with van der Waals surface area (Å²) >= 11 is 1.73. The Hall–Kier alpha value is -2.50. The van der Waals surface area contributed by atoms with Gasteiger partial charge in [-0.1, -0.05) is 36.4 Å². The first-order valence-electron chi connectivity index (χ1n) is 9.44. The predicted molar refractivity (Wildman–Crippen MR) is 110 cm³/mol. The molecular weight excluding hydrogens is 352 g/mol. The van der Waals surface area contributed by atoms with E-state index < -0.39 is 0 Å². The van der Waals surface area contributed by atoms with E-state index in [1.165, 1.54) is 28.1 Å². The molecule has 0 spiro atoms. The fourth-order valence-electron chi connectivity index (χ4n) is 4.09. The Kier molecular flexibility index (Phi) is 4.26. The molecule has 0 aliphatic carbocycles. The van der Waals surface area contributed by atoms with Crippen molar-refractivity contribution in [3.8, 4) is 10.6 Å². The Morgan fingerprint density at radius 3 is 2.81 bits per heavy atom. The Morgan fingerprint density at radius 2 is 2.00 bits per heavy atom. The molecule has 1 fully saturated rings. The Bertz CT molecular complexity index is 1050. The van der Waals surface area contributed by atoms with Gasteiger partial charge < -0.3 is 0 Å². The second-order valence-corrected chi connectivity index (χ2v) is 8.21. The van der Waals surface area contributed by atoms with Crippen LogP contribution in [0.15, 0.2) is 60.1 Å². The minimum Gasteiger partial charge on any atom is -0.298 e. The van der Waals surface area contributed by atoms with Crippen LogP contribution >= 0.6 is 11.3 Å². The van der Waals surface area contributed by atoms with Crippen molar-refractivity contribution in [3.05, 3.63) is 76.9 Å². The van der Waals surface area contributed by atoms with E-state index in [9.17, 15) is 0 Å². The number of hydrogen-bond donors (Lipinski definition) is 0. The van der Waals surface area contributed by atoms with E-state index in [-0.39, 0.29) is 0 Å². The van der Waals surface area contributed by atoms with Crippen molar-refractivity contribution in [3.63, 3.8) is 0 Å². The van der Waals surface area contributed by atoms with Crippen LogP contribution in [0.4, 0.5) is 0 Å². The van der Waals surface area contributed by atoms with E-state index in [1.807, 2.05) is 6.20 Å². The molecule has 3 aromatic heterocycles. The molecule has 27 heavy (non-hydrogen) atoms. The highest BCUT2D eigenvalue weighted by Gasteiger charge is 2.27. The van der Waals surface area contributed by atoms with Crippen molar-refractivity contribution in [2.45, 2.75) is 25.8 Å². The monoisotopic (exact) mass is 374 g/mol. The van der Waals surface area contributed by atoms with Gasteiger partial charge in [-0.3, -0.25) is 4.90 Å². The van der Waals surface area contributed by atoms with E-state index >= 15 is 0 Å². The second-order valence-electron chi connectivity index (χ2n) is 7.26. The molecule has 1 atom stereocenters. The van der Waals surface area contributed by atoms with E-state index in [0.717, 1.165) is 31.0 Å². The zero-order valence-electron chi connectivity index (χ0n) is 15.4. The summed E-state index contributed by atoms with van der Waals surface area (Å²) in [5, 5.41) is 7.06. The van der Waals surface area contributed by atoms with Crippen molar-refractivity contribution in [2.75, 3.05) is 13.1 Å². The molecule has 136 valence electrons. The van der Waals surface area contributed by atoms with Crippen molar-refractivity contribution in [1.29, 1.82) is 0 Å². The molecule has 0 N–H and O–H groups in total. The molecule has 1 aliphatic heterocycles. The topological polar surface area (TPSA) is 33.4 Å². The summed E-state index contributed by atoms with van der Waals surface area (Å²) in [7, 11) is 0. The van der Waals surface area contributed by atoms with Crippen LogP contribution in [0.25, 0.3) is 16.2 Å². The molecule has 5 rings (SSSR count). The number of nitrogens with zero attached hydrogens (tertiary/aromatic N) is 4. The van der Waals surface area contributed by atoms with Crippen LogP contribution in [0.3, 0.4) is 0 Å². The molecule has 1 unspecified atom stereocenters. The highest BCUT2D eigenvalue weighted by Crippen LogP contribution is 2.32. The average Bonchev–Trinajstić information content (AvgIpc) is 3.43. The maximum absolute atomic E-state index is 4.95. The lowest BCUT2D eigenvalue weighted by Crippen LogP contribution is -2.20. The molecule has 1 aliphatic rings. The third-order valence-corrected chi connectivity index (χ3v) is 6.35. The fraction of sp³-hybridized carbons (Fsp3) is 0.273. The van der Waals surface area contributed by atoms with Gasteiger partial charge in [0.1, 0.15) is 5.69 Å². The van der Waals surface area contributed by atoms with Gasteiger partial charge in [0.25, 0.3) is 0 Å². The van der Waals surface area contributed by atoms with Gasteiger partial charge >= 0.3 is 0 Å². The molecule has 4 aromatic rings. The first-order valence-corrected chi connectivity index (χ1v) is 10.3. The van der Waals surface area contributed by atoms with Gasteiger partial charge in [0, 0.05) is 30.8 Å². The predicted octanol–water partition coefficient (Wildman–Crippen LogP) is 4.76. The van der Waals surface area contributed by atoms with Crippen LogP contribution in [0.2, 0.25) is 0 Å². The zero-order chi connectivity index (χ0) is 18.2. The summed E-state index contributed by atoms with van der Waals surface area (Å²) in [5.74, 6) is 0.495. The number of likely N-dealkylation sites (tertiary alicyclic amines) is 1. The van der Waals surface area contributed by atoms with Gasteiger partial charge in [-0.15, -0.1) is 11.3 Å². The number of rotatable bonds is 4. The minimum absolute atomic E-state index is 0.495. The summed E-state index contributed by atoms with van der Waals surface area (Å²) < 4.78 is 2.08. The number of aryl methyl sites for hydroxylation is 1. The molecule has 1 aromatic carbocycles. The Morgan fingerprint density at radius 1 is 1.11 bits per heavy atom. The van der Waals surface area contributed by atoms with Gasteiger partial charge in [0.15, 0.2) is 5.65 Å². The van der Waals surface area contributed by atoms with Crippen LogP contribution < -0.4 is 0 Å². The number of hydrogen-bond acceptors (Lipinski definition) is 4. The highest BCUT2D eigenvalue weighted by atomic mass is 32.1. The first kappa shape index (κ1) is 16.7. The van der Waals surface area contributed by atoms with E-state index in [0.29, 0.717) is 5.92 Å². The van der Waals surface area contributed by atoms with Crippen LogP contribution in [-0.4, -0.2) is 32.6 Å². The zero-order valence-corrected chi connectivity index (χ0v) is 16.2. The van der Waals surface area contributed by atoms with Gasteiger partial charge in [0.05, 0.1) is 10.6 Å². The van der Waals surface area contributed by atoms with Gasteiger partial charge in [-0.05, 0) is 43.0 Å². The summed E-state index contributed by atoms with van der Waals surface area (Å²) in [6.45, 7) is 5.34. The molecule has 0 amide bonds. The number of aromatic nitrogens is 3. The van der Waals surface area contributed by atoms with Gasteiger partial charge in [-0.25, -0.2) is 9.50 Å². The molecule has 4 heterocycles. The smallest absolute Gasteiger partial charge is 0.158 e. The maximum Gasteiger partial charge on any atom is 0.158 e. The largest absolute Gasteiger partial charge is 0.298 e. The maximum atomic E-state index is 4.95. The third kappa shape index (κ3) is 3.07. The number of fused-ring (bicyclic) bond motifs is 1. The van der Waals surface area contributed by atoms with E-state index in [2.05, 4.69) is 75.2 Å². The summed E-state index contributed by atoms with van der Waals surface area (Å²) in [6, 6.07) is 17.1.